The molecule has 0 atom stereocenters. The number of nitrogens with zero attached hydrogens (tertiary/aromatic N) is 1. The van der Waals surface area contributed by atoms with E-state index in [0.29, 0.717) is 22.8 Å². The molecule has 1 aliphatic heterocycles. The number of rotatable bonds is 4. The lowest BCUT2D eigenvalue weighted by atomic mass is 10.2. The van der Waals surface area contributed by atoms with Gasteiger partial charge in [-0.2, -0.15) is 5.10 Å². The standard InChI is InChI=1S/C16H13BrN2O4/c1-21-12-4-2-3-10(5-12)16(20)19-18-8-11-6-14-15(7-13(11)17)23-9-22-14/h2-8H,9H2,1H3,(H,19,20)/b18-8+. The van der Waals surface area contributed by atoms with Gasteiger partial charge in [0, 0.05) is 15.6 Å². The zero-order valence-electron chi connectivity index (χ0n) is 12.2. The molecular weight excluding hydrogens is 364 g/mol. The zero-order valence-corrected chi connectivity index (χ0v) is 13.8. The van der Waals surface area contributed by atoms with Crippen LogP contribution in [0, 0.1) is 0 Å². The number of hydrazone groups is 1. The quantitative estimate of drug-likeness (QED) is 0.657. The average molecular weight is 377 g/mol. The van der Waals surface area contributed by atoms with Crippen LogP contribution in [-0.4, -0.2) is 26.0 Å². The second-order valence-corrected chi connectivity index (χ2v) is 5.51. The lowest BCUT2D eigenvalue weighted by molar-refractivity contribution is 0.0955. The minimum atomic E-state index is -0.322. The van der Waals surface area contributed by atoms with Crippen molar-refractivity contribution in [3.05, 3.63) is 52.0 Å². The van der Waals surface area contributed by atoms with E-state index in [1.165, 1.54) is 6.21 Å². The van der Waals surface area contributed by atoms with Crippen molar-refractivity contribution in [2.75, 3.05) is 13.9 Å². The molecule has 0 spiro atoms. The molecule has 0 radical (unpaired) electrons. The lowest BCUT2D eigenvalue weighted by Gasteiger charge is -2.04. The maximum Gasteiger partial charge on any atom is 0.271 e. The van der Waals surface area contributed by atoms with Crippen LogP contribution in [0.25, 0.3) is 0 Å². The molecule has 0 saturated carbocycles. The van der Waals surface area contributed by atoms with Gasteiger partial charge in [0.2, 0.25) is 6.79 Å². The van der Waals surface area contributed by atoms with Crippen molar-refractivity contribution in [1.82, 2.24) is 5.43 Å². The van der Waals surface area contributed by atoms with Crippen LogP contribution < -0.4 is 19.6 Å². The van der Waals surface area contributed by atoms with E-state index in [4.69, 9.17) is 14.2 Å². The lowest BCUT2D eigenvalue weighted by Crippen LogP contribution is -2.17. The molecule has 1 amide bonds. The van der Waals surface area contributed by atoms with Crippen LogP contribution in [-0.2, 0) is 0 Å². The third-order valence-electron chi connectivity index (χ3n) is 3.19. The van der Waals surface area contributed by atoms with E-state index >= 15 is 0 Å². The van der Waals surface area contributed by atoms with Crippen LogP contribution in [0.5, 0.6) is 17.2 Å². The van der Waals surface area contributed by atoms with Gasteiger partial charge in [0.15, 0.2) is 11.5 Å². The number of hydrogen-bond donors (Lipinski definition) is 1. The van der Waals surface area contributed by atoms with Gasteiger partial charge in [-0.15, -0.1) is 0 Å². The summed E-state index contributed by atoms with van der Waals surface area (Å²) in [5.41, 5.74) is 3.70. The summed E-state index contributed by atoms with van der Waals surface area (Å²) in [6, 6.07) is 10.4. The molecule has 0 unspecified atom stereocenters. The first-order valence-corrected chi connectivity index (χ1v) is 7.53. The van der Waals surface area contributed by atoms with Crippen LogP contribution in [0.4, 0.5) is 0 Å². The van der Waals surface area contributed by atoms with Gasteiger partial charge >= 0.3 is 0 Å². The van der Waals surface area contributed by atoms with Crippen LogP contribution in [0.1, 0.15) is 15.9 Å². The van der Waals surface area contributed by atoms with Crippen LogP contribution in [0.3, 0.4) is 0 Å². The molecule has 1 heterocycles. The van der Waals surface area contributed by atoms with Crippen molar-refractivity contribution in [2.24, 2.45) is 5.10 Å². The Kier molecular flexibility index (Phi) is 4.47. The molecule has 118 valence electrons. The number of benzene rings is 2. The number of halogens is 1. The van der Waals surface area contributed by atoms with Gasteiger partial charge in [0.1, 0.15) is 5.75 Å². The molecule has 0 aliphatic carbocycles. The summed E-state index contributed by atoms with van der Waals surface area (Å²) in [4.78, 5) is 12.0. The van der Waals surface area contributed by atoms with Gasteiger partial charge in [-0.25, -0.2) is 5.43 Å². The summed E-state index contributed by atoms with van der Waals surface area (Å²) in [6.07, 6.45) is 1.53. The summed E-state index contributed by atoms with van der Waals surface area (Å²) in [5.74, 6) is 1.61. The van der Waals surface area contributed by atoms with Gasteiger partial charge in [0.05, 0.1) is 13.3 Å². The predicted molar refractivity (Wildman–Crippen MR) is 88.3 cm³/mol. The number of hydrogen-bond acceptors (Lipinski definition) is 5. The molecular formula is C16H13BrN2O4. The Hall–Kier alpha value is -2.54. The second kappa shape index (κ2) is 6.70. The Morgan fingerprint density at radius 1 is 1.30 bits per heavy atom. The first kappa shape index (κ1) is 15.4. The number of carbonyl (C=O) groups excluding carboxylic acids is 1. The van der Waals surface area contributed by atoms with Gasteiger partial charge < -0.3 is 14.2 Å². The van der Waals surface area contributed by atoms with E-state index in [9.17, 15) is 4.79 Å². The maximum absolute atomic E-state index is 12.0. The molecule has 1 N–H and O–H groups in total. The van der Waals surface area contributed by atoms with Gasteiger partial charge in [-0.3, -0.25) is 4.79 Å². The number of methoxy groups -OCH3 is 1. The Morgan fingerprint density at radius 2 is 2.09 bits per heavy atom. The zero-order chi connectivity index (χ0) is 16.2. The Bertz CT molecular complexity index is 777. The second-order valence-electron chi connectivity index (χ2n) is 4.66. The normalized spacial score (nSPS) is 12.4. The largest absolute Gasteiger partial charge is 0.497 e. The van der Waals surface area contributed by atoms with Crippen LogP contribution in [0.2, 0.25) is 0 Å². The highest BCUT2D eigenvalue weighted by Gasteiger charge is 2.15. The number of amides is 1. The van der Waals surface area contributed by atoms with Crippen molar-refractivity contribution >= 4 is 28.1 Å². The molecule has 6 nitrogen and oxygen atoms in total. The van der Waals surface area contributed by atoms with Crippen molar-refractivity contribution in [3.63, 3.8) is 0 Å². The fourth-order valence-corrected chi connectivity index (χ4v) is 2.45. The fraction of sp³-hybridized carbons (Fsp3) is 0.125. The van der Waals surface area contributed by atoms with Gasteiger partial charge in [0.25, 0.3) is 5.91 Å². The van der Waals surface area contributed by atoms with Crippen molar-refractivity contribution < 1.29 is 19.0 Å². The molecule has 23 heavy (non-hydrogen) atoms. The Labute approximate surface area is 141 Å². The molecule has 0 fully saturated rings. The number of carbonyl (C=O) groups is 1. The Morgan fingerprint density at radius 3 is 2.87 bits per heavy atom. The van der Waals surface area contributed by atoms with E-state index in [0.717, 1.165) is 10.0 Å². The highest BCUT2D eigenvalue weighted by molar-refractivity contribution is 9.10. The number of fused-ring (bicyclic) bond motifs is 1. The third-order valence-corrected chi connectivity index (χ3v) is 3.88. The number of ether oxygens (including phenoxy) is 3. The molecule has 0 aromatic heterocycles. The SMILES string of the molecule is COc1cccc(C(=O)N/N=C/c2cc3c(cc2Br)OCO3)c1. The topological polar surface area (TPSA) is 69.2 Å². The average Bonchev–Trinajstić information content (AvgIpc) is 3.02. The number of nitrogens with one attached hydrogen (secondary N) is 1. The van der Waals surface area contributed by atoms with E-state index in [1.807, 2.05) is 0 Å². The molecule has 3 rings (SSSR count). The summed E-state index contributed by atoms with van der Waals surface area (Å²) in [7, 11) is 1.55. The van der Waals surface area contributed by atoms with E-state index in [1.54, 1.807) is 43.5 Å². The minimum Gasteiger partial charge on any atom is -0.497 e. The highest BCUT2D eigenvalue weighted by atomic mass is 79.9. The first-order chi connectivity index (χ1) is 11.2. The molecule has 0 bridgehead atoms. The van der Waals surface area contributed by atoms with E-state index in [2.05, 4.69) is 26.5 Å². The van der Waals surface area contributed by atoms with E-state index in [-0.39, 0.29) is 12.7 Å². The highest BCUT2D eigenvalue weighted by Crippen LogP contribution is 2.36. The summed E-state index contributed by atoms with van der Waals surface area (Å²) in [6.45, 7) is 0.203. The fourth-order valence-electron chi connectivity index (χ4n) is 2.02. The van der Waals surface area contributed by atoms with Crippen molar-refractivity contribution in [3.8, 4) is 17.2 Å². The molecule has 2 aromatic rings. The van der Waals surface area contributed by atoms with Gasteiger partial charge in [-0.05, 0) is 46.3 Å². The summed E-state index contributed by atoms with van der Waals surface area (Å²) < 4.78 is 16.5. The summed E-state index contributed by atoms with van der Waals surface area (Å²) in [5, 5.41) is 3.97. The van der Waals surface area contributed by atoms with Gasteiger partial charge in [-0.1, -0.05) is 6.07 Å². The molecule has 1 aliphatic rings. The maximum atomic E-state index is 12.0. The minimum absolute atomic E-state index is 0.203. The van der Waals surface area contributed by atoms with Crippen molar-refractivity contribution in [2.45, 2.75) is 0 Å². The van der Waals surface area contributed by atoms with Crippen LogP contribution in [0.15, 0.2) is 46.0 Å². The van der Waals surface area contributed by atoms with Crippen molar-refractivity contribution in [1.29, 1.82) is 0 Å². The smallest absolute Gasteiger partial charge is 0.271 e. The third kappa shape index (κ3) is 3.45. The summed E-state index contributed by atoms with van der Waals surface area (Å²) >= 11 is 3.42. The monoisotopic (exact) mass is 376 g/mol. The van der Waals surface area contributed by atoms with Crippen LogP contribution >= 0.6 is 15.9 Å². The molecule has 0 saturated heterocycles. The van der Waals surface area contributed by atoms with E-state index < -0.39 is 0 Å². The first-order valence-electron chi connectivity index (χ1n) is 6.74. The Balaban J connectivity index is 1.70. The predicted octanol–water partition coefficient (Wildman–Crippen LogP) is 2.95. The molecule has 2 aromatic carbocycles. The molecule has 7 heteroatoms.